The predicted octanol–water partition coefficient (Wildman–Crippen LogP) is 1.91. The van der Waals surface area contributed by atoms with Crippen molar-refractivity contribution < 1.29 is 23.8 Å². The van der Waals surface area contributed by atoms with Gasteiger partial charge in [-0.05, 0) is 22.0 Å². The molecule has 0 aliphatic heterocycles. The highest BCUT2D eigenvalue weighted by Crippen LogP contribution is 2.33. The van der Waals surface area contributed by atoms with Gasteiger partial charge in [-0.25, -0.2) is 4.39 Å². The fourth-order valence-electron chi connectivity index (χ4n) is 1.17. The first-order valence-electron chi connectivity index (χ1n) is 4.18. The number of hydrogen-bond acceptors (Lipinski definition) is 3. The largest absolute Gasteiger partial charge is 0.504 e. The van der Waals surface area contributed by atoms with Gasteiger partial charge >= 0.3 is 5.97 Å². The Hall–Kier alpha value is -1.21. The molecule has 0 aliphatic rings. The second-order valence-corrected chi connectivity index (χ2v) is 3.98. The molecule has 0 radical (unpaired) electrons. The highest BCUT2D eigenvalue weighted by atomic mass is 79.9. The number of halogens is 3. The van der Waals surface area contributed by atoms with Gasteiger partial charge < -0.3 is 15.9 Å². The van der Waals surface area contributed by atoms with Crippen molar-refractivity contribution in [2.24, 2.45) is 5.73 Å². The van der Waals surface area contributed by atoms with Gasteiger partial charge in [-0.3, -0.25) is 4.79 Å². The molecule has 88 valence electrons. The number of nitrogens with two attached hydrogens (primary N) is 1. The van der Waals surface area contributed by atoms with Gasteiger partial charge in [0.25, 0.3) is 0 Å². The van der Waals surface area contributed by atoms with Gasteiger partial charge in [-0.1, -0.05) is 0 Å². The molecule has 0 saturated heterocycles. The van der Waals surface area contributed by atoms with E-state index in [1.54, 1.807) is 0 Å². The molecule has 0 aliphatic carbocycles. The van der Waals surface area contributed by atoms with Gasteiger partial charge in [0.1, 0.15) is 0 Å². The molecule has 16 heavy (non-hydrogen) atoms. The Morgan fingerprint density at radius 2 is 2.06 bits per heavy atom. The average Bonchev–Trinajstić information content (AvgIpc) is 2.19. The lowest BCUT2D eigenvalue weighted by Gasteiger charge is -2.12. The molecule has 0 bridgehead atoms. The number of carboxylic acid groups (broad SMARTS) is 1. The number of aromatic hydroxyl groups is 1. The standard InChI is InChI=1S/C9H8BrF2NO3/c10-4-1-3(5(13)2-6(14)15)7(11)8(12)9(4)16/h1,5,16H,2,13H2,(H,14,15). The molecule has 1 atom stereocenters. The lowest BCUT2D eigenvalue weighted by atomic mass is 10.0. The number of benzene rings is 1. The van der Waals surface area contributed by atoms with Crippen molar-refractivity contribution in [1.29, 1.82) is 0 Å². The van der Waals surface area contributed by atoms with Crippen molar-refractivity contribution >= 4 is 21.9 Å². The number of rotatable bonds is 3. The predicted molar refractivity (Wildman–Crippen MR) is 54.9 cm³/mol. The van der Waals surface area contributed by atoms with E-state index in [4.69, 9.17) is 15.9 Å². The molecule has 7 heteroatoms. The zero-order chi connectivity index (χ0) is 12.5. The van der Waals surface area contributed by atoms with Crippen LogP contribution in [0.2, 0.25) is 0 Å². The van der Waals surface area contributed by atoms with Crippen molar-refractivity contribution in [2.75, 3.05) is 0 Å². The third kappa shape index (κ3) is 2.48. The van der Waals surface area contributed by atoms with Crippen LogP contribution in [0.5, 0.6) is 5.75 Å². The monoisotopic (exact) mass is 295 g/mol. The summed E-state index contributed by atoms with van der Waals surface area (Å²) in [6.07, 6.45) is -0.534. The number of carboxylic acids is 1. The van der Waals surface area contributed by atoms with Crippen LogP contribution in [-0.2, 0) is 4.79 Å². The van der Waals surface area contributed by atoms with Crippen molar-refractivity contribution in [3.05, 3.63) is 27.7 Å². The van der Waals surface area contributed by atoms with Crippen LogP contribution in [0.25, 0.3) is 0 Å². The molecule has 4 nitrogen and oxygen atoms in total. The van der Waals surface area contributed by atoms with Crippen LogP contribution < -0.4 is 5.73 Å². The zero-order valence-corrected chi connectivity index (χ0v) is 9.46. The maximum absolute atomic E-state index is 13.3. The van der Waals surface area contributed by atoms with E-state index in [-0.39, 0.29) is 10.0 Å². The maximum Gasteiger partial charge on any atom is 0.305 e. The average molecular weight is 296 g/mol. The van der Waals surface area contributed by atoms with Crippen LogP contribution in [0.15, 0.2) is 10.5 Å². The molecule has 0 fully saturated rings. The van der Waals surface area contributed by atoms with Crippen molar-refractivity contribution in [3.8, 4) is 5.75 Å². The Kier molecular flexibility index (Phi) is 3.82. The van der Waals surface area contributed by atoms with Gasteiger partial charge in [0.15, 0.2) is 11.6 Å². The van der Waals surface area contributed by atoms with E-state index in [1.807, 2.05) is 0 Å². The Bertz CT molecular complexity index is 439. The number of carbonyl (C=O) groups is 1. The first-order chi connectivity index (χ1) is 7.34. The summed E-state index contributed by atoms with van der Waals surface area (Å²) in [6, 6.07) is -0.120. The van der Waals surface area contributed by atoms with Crippen LogP contribution in [0, 0.1) is 11.6 Å². The third-order valence-corrected chi connectivity index (χ3v) is 2.56. The second-order valence-electron chi connectivity index (χ2n) is 3.13. The number of phenols is 1. The molecule has 1 rings (SSSR count). The minimum Gasteiger partial charge on any atom is -0.504 e. The van der Waals surface area contributed by atoms with Gasteiger partial charge in [-0.2, -0.15) is 4.39 Å². The Morgan fingerprint density at radius 3 is 2.56 bits per heavy atom. The summed E-state index contributed by atoms with van der Waals surface area (Å²) in [5.74, 6) is -4.89. The molecule has 0 amide bonds. The Balaban J connectivity index is 3.19. The van der Waals surface area contributed by atoms with Crippen LogP contribution in [0.1, 0.15) is 18.0 Å². The second kappa shape index (κ2) is 4.75. The smallest absolute Gasteiger partial charge is 0.305 e. The van der Waals surface area contributed by atoms with E-state index in [1.165, 1.54) is 0 Å². The van der Waals surface area contributed by atoms with Gasteiger partial charge in [0, 0.05) is 11.6 Å². The molecule has 0 aromatic heterocycles. The molecule has 0 heterocycles. The lowest BCUT2D eigenvalue weighted by molar-refractivity contribution is -0.137. The van der Waals surface area contributed by atoms with Crippen LogP contribution in [0.4, 0.5) is 8.78 Å². The SMILES string of the molecule is NC(CC(=O)O)c1cc(Br)c(O)c(F)c1F. The summed E-state index contributed by atoms with van der Waals surface area (Å²) in [5, 5.41) is 17.5. The van der Waals surface area contributed by atoms with E-state index >= 15 is 0 Å². The minimum atomic E-state index is -1.45. The van der Waals surface area contributed by atoms with Crippen LogP contribution in [0.3, 0.4) is 0 Å². The highest BCUT2D eigenvalue weighted by Gasteiger charge is 2.22. The fourth-order valence-corrected chi connectivity index (χ4v) is 1.59. The lowest BCUT2D eigenvalue weighted by Crippen LogP contribution is -2.17. The molecular formula is C9H8BrF2NO3. The minimum absolute atomic E-state index is 0.0813. The quantitative estimate of drug-likeness (QED) is 0.744. The van der Waals surface area contributed by atoms with Crippen molar-refractivity contribution in [2.45, 2.75) is 12.5 Å². The Labute approximate surface area is 97.8 Å². The van der Waals surface area contributed by atoms with E-state index in [2.05, 4.69) is 15.9 Å². The fraction of sp³-hybridized carbons (Fsp3) is 0.222. The molecule has 0 spiro atoms. The van der Waals surface area contributed by atoms with Gasteiger partial charge in [-0.15, -0.1) is 0 Å². The highest BCUT2D eigenvalue weighted by molar-refractivity contribution is 9.10. The molecule has 0 saturated carbocycles. The number of hydrogen-bond donors (Lipinski definition) is 3. The van der Waals surface area contributed by atoms with E-state index < -0.39 is 35.8 Å². The Morgan fingerprint density at radius 1 is 1.50 bits per heavy atom. The van der Waals surface area contributed by atoms with E-state index in [9.17, 15) is 13.6 Å². The summed E-state index contributed by atoms with van der Waals surface area (Å²) in [7, 11) is 0. The zero-order valence-electron chi connectivity index (χ0n) is 7.88. The van der Waals surface area contributed by atoms with Gasteiger partial charge in [0.2, 0.25) is 5.82 Å². The maximum atomic E-state index is 13.3. The summed E-state index contributed by atoms with van der Waals surface area (Å²) in [4.78, 5) is 10.4. The van der Waals surface area contributed by atoms with Crippen LogP contribution in [-0.4, -0.2) is 16.2 Å². The molecule has 1 unspecified atom stereocenters. The summed E-state index contributed by atoms with van der Waals surface area (Å²) in [6.45, 7) is 0. The topological polar surface area (TPSA) is 83.6 Å². The number of aliphatic carboxylic acids is 1. The molecule has 1 aromatic carbocycles. The van der Waals surface area contributed by atoms with Crippen LogP contribution >= 0.6 is 15.9 Å². The summed E-state index contributed by atoms with van der Waals surface area (Å²) in [5.41, 5.74) is 5.09. The van der Waals surface area contributed by atoms with Crippen molar-refractivity contribution in [3.63, 3.8) is 0 Å². The molecule has 1 aromatic rings. The first-order valence-corrected chi connectivity index (χ1v) is 4.97. The third-order valence-electron chi connectivity index (χ3n) is 1.96. The normalized spacial score (nSPS) is 12.5. The molecule has 4 N–H and O–H groups in total. The van der Waals surface area contributed by atoms with Crippen molar-refractivity contribution in [1.82, 2.24) is 0 Å². The summed E-state index contributed by atoms with van der Waals surface area (Å²) >= 11 is 2.81. The summed E-state index contributed by atoms with van der Waals surface area (Å²) < 4.78 is 26.3. The molecular weight excluding hydrogens is 288 g/mol. The number of phenolic OH excluding ortho intramolecular Hbond substituents is 1. The van der Waals surface area contributed by atoms with E-state index in [0.717, 1.165) is 6.07 Å². The van der Waals surface area contributed by atoms with Gasteiger partial charge in [0.05, 0.1) is 10.9 Å². The first kappa shape index (κ1) is 12.9. The van der Waals surface area contributed by atoms with E-state index in [0.29, 0.717) is 0 Å².